The van der Waals surface area contributed by atoms with E-state index in [4.69, 9.17) is 10.2 Å². The smallest absolute Gasteiger partial charge is 0.162 e. The van der Waals surface area contributed by atoms with Gasteiger partial charge in [-0.3, -0.25) is 4.90 Å². The third-order valence-electron chi connectivity index (χ3n) is 2.98. The van der Waals surface area contributed by atoms with Crippen LogP contribution in [0.25, 0.3) is 10.8 Å². The highest BCUT2D eigenvalue weighted by Crippen LogP contribution is 2.24. The maximum absolute atomic E-state index is 5.89. The van der Waals surface area contributed by atoms with Gasteiger partial charge in [-0.1, -0.05) is 0 Å². The average molecular weight is 322 g/mol. The van der Waals surface area contributed by atoms with Crippen LogP contribution in [0.1, 0.15) is 12.1 Å². The van der Waals surface area contributed by atoms with Gasteiger partial charge in [0.1, 0.15) is 0 Å². The van der Waals surface area contributed by atoms with Gasteiger partial charge in [-0.25, -0.2) is 4.98 Å². The monoisotopic (exact) mass is 321 g/mol. The van der Waals surface area contributed by atoms with Gasteiger partial charge in [0.25, 0.3) is 0 Å². The molecule has 2 aromatic heterocycles. The van der Waals surface area contributed by atoms with Gasteiger partial charge in [0.15, 0.2) is 10.8 Å². The molecule has 2 aromatic rings. The second-order valence-electron chi connectivity index (χ2n) is 4.41. The fourth-order valence-corrected chi connectivity index (χ4v) is 2.91. The average Bonchev–Trinajstić information content (AvgIpc) is 3.00. The highest BCUT2D eigenvalue weighted by molar-refractivity contribution is 7.13. The molecule has 1 atom stereocenters. The Labute approximate surface area is 128 Å². The maximum Gasteiger partial charge on any atom is 0.162 e. The normalized spacial score (nSPS) is 18.9. The summed E-state index contributed by atoms with van der Waals surface area (Å²) < 4.78 is 5.33. The van der Waals surface area contributed by atoms with Crippen molar-refractivity contribution in [1.82, 2.24) is 9.88 Å². The van der Waals surface area contributed by atoms with Crippen LogP contribution in [0, 0.1) is 0 Å². The van der Waals surface area contributed by atoms with E-state index < -0.39 is 0 Å². The maximum atomic E-state index is 5.89. The van der Waals surface area contributed by atoms with Crippen molar-refractivity contribution in [3.05, 3.63) is 29.5 Å². The van der Waals surface area contributed by atoms with E-state index in [-0.39, 0.29) is 24.8 Å². The fourth-order valence-electron chi connectivity index (χ4n) is 2.13. The first-order valence-corrected chi connectivity index (χ1v) is 6.65. The van der Waals surface area contributed by atoms with Crippen molar-refractivity contribution in [2.24, 2.45) is 5.73 Å². The highest BCUT2D eigenvalue weighted by Gasteiger charge is 2.20. The van der Waals surface area contributed by atoms with Crippen molar-refractivity contribution in [2.45, 2.75) is 19.0 Å². The predicted molar refractivity (Wildman–Crippen MR) is 82.2 cm³/mol. The molecule has 1 saturated heterocycles. The molecule has 106 valence electrons. The lowest BCUT2D eigenvalue weighted by Gasteiger charge is -2.12. The van der Waals surface area contributed by atoms with E-state index in [0.29, 0.717) is 6.04 Å². The number of rotatable bonds is 3. The molecule has 3 heterocycles. The Bertz CT molecular complexity index is 489. The third kappa shape index (κ3) is 3.94. The molecule has 0 radical (unpaired) electrons. The van der Waals surface area contributed by atoms with E-state index in [2.05, 4.69) is 15.3 Å². The molecule has 0 spiro atoms. The minimum absolute atomic E-state index is 0. The van der Waals surface area contributed by atoms with Gasteiger partial charge < -0.3 is 10.2 Å². The molecular weight excluding hydrogens is 305 g/mol. The quantitative estimate of drug-likeness (QED) is 0.944. The van der Waals surface area contributed by atoms with Crippen molar-refractivity contribution >= 4 is 36.2 Å². The Kier molecular flexibility index (Phi) is 6.29. The van der Waals surface area contributed by atoms with Gasteiger partial charge in [0.2, 0.25) is 0 Å². The van der Waals surface area contributed by atoms with Gasteiger partial charge in [0.05, 0.1) is 12.0 Å². The summed E-state index contributed by atoms with van der Waals surface area (Å²) in [5.41, 5.74) is 6.99. The van der Waals surface area contributed by atoms with Crippen LogP contribution in [0.5, 0.6) is 0 Å². The molecule has 0 unspecified atom stereocenters. The standard InChI is InChI=1S/C12H15N3OS.2ClH/c13-9-3-4-15(6-9)7-10-8-17-12(14-10)11-2-1-5-16-11;;/h1-2,5,8-9H,3-4,6-7,13H2;2*1H/t9-;;/m1../s1. The number of furan rings is 1. The third-order valence-corrected chi connectivity index (χ3v) is 3.88. The Morgan fingerprint density at radius 1 is 1.47 bits per heavy atom. The Hall–Kier alpha value is -0.590. The lowest BCUT2D eigenvalue weighted by Crippen LogP contribution is -2.26. The second-order valence-corrected chi connectivity index (χ2v) is 5.26. The summed E-state index contributed by atoms with van der Waals surface area (Å²) in [6, 6.07) is 4.16. The zero-order valence-electron chi connectivity index (χ0n) is 10.3. The summed E-state index contributed by atoms with van der Waals surface area (Å²) in [5, 5.41) is 3.05. The molecule has 7 heteroatoms. The number of nitrogens with zero attached hydrogens (tertiary/aromatic N) is 2. The summed E-state index contributed by atoms with van der Waals surface area (Å²) in [7, 11) is 0. The van der Waals surface area contributed by atoms with Crippen LogP contribution < -0.4 is 5.73 Å². The first kappa shape index (κ1) is 16.5. The van der Waals surface area contributed by atoms with E-state index in [1.54, 1.807) is 17.6 Å². The molecule has 0 amide bonds. The topological polar surface area (TPSA) is 55.3 Å². The molecule has 19 heavy (non-hydrogen) atoms. The number of nitrogens with two attached hydrogens (primary N) is 1. The van der Waals surface area contributed by atoms with Crippen molar-refractivity contribution < 1.29 is 4.42 Å². The first-order valence-electron chi connectivity index (χ1n) is 5.77. The molecular formula is C12H17Cl2N3OS. The van der Waals surface area contributed by atoms with Gasteiger partial charge in [0, 0.05) is 31.1 Å². The van der Waals surface area contributed by atoms with Gasteiger partial charge in [-0.15, -0.1) is 36.2 Å². The van der Waals surface area contributed by atoms with Crippen molar-refractivity contribution in [3.8, 4) is 10.8 Å². The van der Waals surface area contributed by atoms with Gasteiger partial charge in [-0.05, 0) is 18.6 Å². The zero-order chi connectivity index (χ0) is 11.7. The molecule has 1 fully saturated rings. The molecule has 0 saturated carbocycles. The van der Waals surface area contributed by atoms with E-state index in [9.17, 15) is 0 Å². The molecule has 1 aliphatic heterocycles. The summed E-state index contributed by atoms with van der Waals surface area (Å²) in [6.07, 6.45) is 2.77. The van der Waals surface area contributed by atoms with E-state index in [1.165, 1.54) is 0 Å². The summed E-state index contributed by atoms with van der Waals surface area (Å²) >= 11 is 1.63. The van der Waals surface area contributed by atoms with E-state index >= 15 is 0 Å². The number of thiazole rings is 1. The number of halogens is 2. The molecule has 3 rings (SSSR count). The zero-order valence-corrected chi connectivity index (χ0v) is 12.8. The molecule has 0 aliphatic carbocycles. The molecule has 4 nitrogen and oxygen atoms in total. The SMILES string of the molecule is Cl.Cl.N[C@@H]1CCN(Cc2csc(-c3ccco3)n2)C1. The van der Waals surface area contributed by atoms with Crippen molar-refractivity contribution in [2.75, 3.05) is 13.1 Å². The van der Waals surface area contributed by atoms with Crippen LogP contribution in [-0.4, -0.2) is 29.0 Å². The lowest BCUT2D eigenvalue weighted by molar-refractivity contribution is 0.323. The molecule has 1 aliphatic rings. The van der Waals surface area contributed by atoms with Crippen LogP contribution in [-0.2, 0) is 6.54 Å². The number of aromatic nitrogens is 1. The minimum Gasteiger partial charge on any atom is -0.462 e. The van der Waals surface area contributed by atoms with Crippen LogP contribution in [0.4, 0.5) is 0 Å². The molecule has 0 aromatic carbocycles. The number of likely N-dealkylation sites (tertiary alicyclic amines) is 1. The summed E-state index contributed by atoms with van der Waals surface area (Å²) in [4.78, 5) is 6.94. The summed E-state index contributed by atoms with van der Waals surface area (Å²) in [6.45, 7) is 2.95. The number of hydrogen-bond donors (Lipinski definition) is 1. The van der Waals surface area contributed by atoms with Crippen molar-refractivity contribution in [3.63, 3.8) is 0 Å². The number of hydrogen-bond acceptors (Lipinski definition) is 5. The second kappa shape index (κ2) is 7.26. The van der Waals surface area contributed by atoms with E-state index in [0.717, 1.165) is 42.5 Å². The van der Waals surface area contributed by atoms with Crippen LogP contribution in [0.3, 0.4) is 0 Å². The van der Waals surface area contributed by atoms with Crippen LogP contribution >= 0.6 is 36.2 Å². The highest BCUT2D eigenvalue weighted by atomic mass is 35.5. The van der Waals surface area contributed by atoms with Crippen LogP contribution in [0.2, 0.25) is 0 Å². The minimum atomic E-state index is 0. The molecule has 0 bridgehead atoms. The Balaban J connectivity index is 0.000000902. The fraction of sp³-hybridized carbons (Fsp3) is 0.417. The Morgan fingerprint density at radius 3 is 2.95 bits per heavy atom. The van der Waals surface area contributed by atoms with E-state index in [1.807, 2.05) is 12.1 Å². The van der Waals surface area contributed by atoms with Gasteiger partial charge in [-0.2, -0.15) is 0 Å². The lowest BCUT2D eigenvalue weighted by atomic mass is 10.3. The summed E-state index contributed by atoms with van der Waals surface area (Å²) in [5.74, 6) is 0.847. The van der Waals surface area contributed by atoms with Crippen molar-refractivity contribution in [1.29, 1.82) is 0 Å². The van der Waals surface area contributed by atoms with Crippen LogP contribution in [0.15, 0.2) is 28.2 Å². The first-order chi connectivity index (χ1) is 8.31. The molecule has 2 N–H and O–H groups in total. The largest absolute Gasteiger partial charge is 0.462 e. The van der Waals surface area contributed by atoms with Gasteiger partial charge >= 0.3 is 0 Å². The predicted octanol–water partition coefficient (Wildman–Crippen LogP) is 2.78. The Morgan fingerprint density at radius 2 is 2.32 bits per heavy atom.